The minimum Gasteiger partial charge on any atom is -0.468 e. The molecule has 0 aromatic heterocycles. The highest BCUT2D eigenvalue weighted by Gasteiger charge is 2.03. The molecule has 0 saturated carbocycles. The van der Waals surface area contributed by atoms with Crippen molar-refractivity contribution < 1.29 is 9.47 Å². The lowest BCUT2D eigenvalue weighted by atomic mass is 10.3. The fourth-order valence-electron chi connectivity index (χ4n) is 1.04. The van der Waals surface area contributed by atoms with E-state index in [4.69, 9.17) is 21.1 Å². The molecule has 0 atom stereocenters. The molecule has 0 saturated heterocycles. The predicted molar refractivity (Wildman–Crippen MR) is 80.8 cm³/mol. The Hall–Kier alpha value is 0.1000. The molecule has 0 aliphatic carbocycles. The Bertz CT molecular complexity index is 366. The standard InChI is InChI=1S/C12H18BrClO2S/c1-17(2,3)7-6-15-9-16-10-4-5-11(13)12(14)8-10/h4-5,8H,6-7,9H2,1-3H3. The molecule has 0 bridgehead atoms. The van der Waals surface area contributed by atoms with E-state index in [1.807, 2.05) is 12.1 Å². The number of benzene rings is 1. The lowest BCUT2D eigenvalue weighted by Crippen LogP contribution is -2.10. The molecule has 0 aliphatic rings. The average Bonchev–Trinajstić information content (AvgIpc) is 2.21. The first-order valence-electron chi connectivity index (χ1n) is 5.20. The molecule has 0 unspecified atom stereocenters. The first-order valence-corrected chi connectivity index (χ1v) is 9.40. The van der Waals surface area contributed by atoms with E-state index < -0.39 is 10.0 Å². The van der Waals surface area contributed by atoms with Gasteiger partial charge in [0.15, 0.2) is 6.79 Å². The first kappa shape index (κ1) is 15.2. The second kappa shape index (κ2) is 6.88. The van der Waals surface area contributed by atoms with Crippen LogP contribution in [0, 0.1) is 0 Å². The van der Waals surface area contributed by atoms with Crippen molar-refractivity contribution >= 4 is 37.6 Å². The largest absolute Gasteiger partial charge is 0.468 e. The number of rotatable bonds is 6. The third-order valence-corrected chi connectivity index (χ3v) is 4.66. The van der Waals surface area contributed by atoms with Gasteiger partial charge in [0.25, 0.3) is 0 Å². The Kier molecular flexibility index (Phi) is 6.13. The van der Waals surface area contributed by atoms with E-state index in [9.17, 15) is 0 Å². The quantitative estimate of drug-likeness (QED) is 0.571. The van der Waals surface area contributed by atoms with Gasteiger partial charge in [0.1, 0.15) is 5.75 Å². The van der Waals surface area contributed by atoms with E-state index in [1.54, 1.807) is 6.07 Å². The second-order valence-electron chi connectivity index (χ2n) is 4.54. The Balaban J connectivity index is 2.25. The monoisotopic (exact) mass is 340 g/mol. The highest BCUT2D eigenvalue weighted by Crippen LogP contribution is 2.33. The Labute approximate surface area is 118 Å². The minimum atomic E-state index is -0.489. The molecule has 0 heterocycles. The van der Waals surface area contributed by atoms with Gasteiger partial charge in [0.05, 0.1) is 11.6 Å². The van der Waals surface area contributed by atoms with Crippen molar-refractivity contribution in [3.05, 3.63) is 27.7 Å². The second-order valence-corrected chi connectivity index (χ2v) is 10.4. The van der Waals surface area contributed by atoms with Gasteiger partial charge in [-0.3, -0.25) is 0 Å². The van der Waals surface area contributed by atoms with Gasteiger partial charge in [-0.2, -0.15) is 0 Å². The Morgan fingerprint density at radius 2 is 2.00 bits per heavy atom. The zero-order valence-electron chi connectivity index (χ0n) is 10.3. The van der Waals surface area contributed by atoms with Crippen LogP contribution in [0.15, 0.2) is 22.7 Å². The van der Waals surface area contributed by atoms with E-state index in [0.29, 0.717) is 5.02 Å². The molecule has 1 rings (SSSR count). The summed E-state index contributed by atoms with van der Waals surface area (Å²) < 4.78 is 11.7. The van der Waals surface area contributed by atoms with Gasteiger partial charge < -0.3 is 9.47 Å². The van der Waals surface area contributed by atoms with E-state index >= 15 is 0 Å². The molecular weight excluding hydrogens is 324 g/mol. The summed E-state index contributed by atoms with van der Waals surface area (Å²) in [5.41, 5.74) is 0. The van der Waals surface area contributed by atoms with E-state index in [1.165, 1.54) is 0 Å². The molecule has 5 heteroatoms. The van der Waals surface area contributed by atoms with Crippen molar-refractivity contribution in [2.45, 2.75) is 0 Å². The highest BCUT2D eigenvalue weighted by molar-refractivity contribution is 9.10. The Morgan fingerprint density at radius 3 is 2.59 bits per heavy atom. The summed E-state index contributed by atoms with van der Waals surface area (Å²) in [6.45, 7) is 1.01. The van der Waals surface area contributed by atoms with E-state index in [0.717, 1.165) is 22.6 Å². The van der Waals surface area contributed by atoms with Gasteiger partial charge in [0, 0.05) is 16.3 Å². The summed E-state index contributed by atoms with van der Waals surface area (Å²) in [7, 11) is -0.489. The number of ether oxygens (including phenoxy) is 2. The molecule has 0 N–H and O–H groups in total. The highest BCUT2D eigenvalue weighted by atomic mass is 79.9. The minimum absolute atomic E-state index is 0.271. The van der Waals surface area contributed by atoms with Crippen molar-refractivity contribution in [2.24, 2.45) is 0 Å². The molecule has 0 amide bonds. The van der Waals surface area contributed by atoms with Crippen LogP contribution in [0.4, 0.5) is 0 Å². The topological polar surface area (TPSA) is 18.5 Å². The van der Waals surface area contributed by atoms with Crippen LogP contribution in [0.5, 0.6) is 5.75 Å². The van der Waals surface area contributed by atoms with E-state index in [-0.39, 0.29) is 6.79 Å². The zero-order valence-corrected chi connectivity index (χ0v) is 13.5. The molecule has 2 nitrogen and oxygen atoms in total. The fourth-order valence-corrected chi connectivity index (χ4v) is 2.08. The van der Waals surface area contributed by atoms with E-state index in [2.05, 4.69) is 34.7 Å². The summed E-state index contributed by atoms with van der Waals surface area (Å²) in [6, 6.07) is 5.48. The first-order chi connectivity index (χ1) is 7.88. The zero-order chi connectivity index (χ0) is 12.9. The van der Waals surface area contributed by atoms with Crippen LogP contribution in [-0.4, -0.2) is 37.9 Å². The molecule has 0 radical (unpaired) electrons. The van der Waals surface area contributed by atoms with Crippen LogP contribution in [0.3, 0.4) is 0 Å². The maximum atomic E-state index is 5.95. The van der Waals surface area contributed by atoms with Crippen molar-refractivity contribution in [3.63, 3.8) is 0 Å². The third kappa shape index (κ3) is 6.55. The molecular formula is C12H18BrClO2S. The number of hydrogen-bond acceptors (Lipinski definition) is 2. The van der Waals surface area contributed by atoms with Crippen LogP contribution in [0.25, 0.3) is 0 Å². The number of hydrogen-bond donors (Lipinski definition) is 0. The molecule has 98 valence electrons. The molecule has 17 heavy (non-hydrogen) atoms. The fraction of sp³-hybridized carbons (Fsp3) is 0.500. The van der Waals surface area contributed by atoms with Crippen molar-refractivity contribution in [3.8, 4) is 5.75 Å². The smallest absolute Gasteiger partial charge is 0.189 e. The van der Waals surface area contributed by atoms with Gasteiger partial charge in [-0.25, -0.2) is 10.0 Å². The maximum Gasteiger partial charge on any atom is 0.189 e. The molecule has 1 aromatic rings. The summed E-state index contributed by atoms with van der Waals surface area (Å²) in [4.78, 5) is 0. The third-order valence-electron chi connectivity index (χ3n) is 2.04. The summed E-state index contributed by atoms with van der Waals surface area (Å²) >= 11 is 9.28. The normalized spacial score (nSPS) is 12.5. The van der Waals surface area contributed by atoms with Crippen LogP contribution in [0.2, 0.25) is 5.02 Å². The lowest BCUT2D eigenvalue weighted by Gasteiger charge is -2.24. The molecule has 0 fully saturated rings. The van der Waals surface area contributed by atoms with Crippen LogP contribution < -0.4 is 4.74 Å². The van der Waals surface area contributed by atoms with Crippen LogP contribution >= 0.6 is 37.6 Å². The number of halogens is 2. The van der Waals surface area contributed by atoms with Gasteiger partial charge in [0.2, 0.25) is 0 Å². The van der Waals surface area contributed by atoms with Gasteiger partial charge >= 0.3 is 0 Å². The van der Waals surface area contributed by atoms with Crippen LogP contribution in [0.1, 0.15) is 0 Å². The van der Waals surface area contributed by atoms with Crippen molar-refractivity contribution in [1.82, 2.24) is 0 Å². The average molecular weight is 342 g/mol. The van der Waals surface area contributed by atoms with Crippen LogP contribution in [-0.2, 0) is 4.74 Å². The predicted octanol–water partition coefficient (Wildman–Crippen LogP) is 4.15. The van der Waals surface area contributed by atoms with Crippen molar-refractivity contribution in [2.75, 3.05) is 37.9 Å². The SMILES string of the molecule is CS(C)(C)CCOCOc1ccc(Br)c(Cl)c1. The van der Waals surface area contributed by atoms with Crippen molar-refractivity contribution in [1.29, 1.82) is 0 Å². The molecule has 0 aliphatic heterocycles. The van der Waals surface area contributed by atoms with Gasteiger partial charge in [-0.1, -0.05) is 11.6 Å². The van der Waals surface area contributed by atoms with Gasteiger partial charge in [-0.15, -0.1) is 0 Å². The molecule has 1 aromatic carbocycles. The maximum absolute atomic E-state index is 5.95. The molecule has 0 spiro atoms. The summed E-state index contributed by atoms with van der Waals surface area (Å²) in [5.74, 6) is 1.82. The Morgan fingerprint density at radius 1 is 1.29 bits per heavy atom. The summed E-state index contributed by atoms with van der Waals surface area (Å²) in [5, 5.41) is 0.640. The summed E-state index contributed by atoms with van der Waals surface area (Å²) in [6.07, 6.45) is 6.81. The lowest BCUT2D eigenvalue weighted by molar-refractivity contribution is 0.0236. The van der Waals surface area contributed by atoms with Gasteiger partial charge in [-0.05, 0) is 46.8 Å².